The van der Waals surface area contributed by atoms with Crippen molar-refractivity contribution in [3.8, 4) is 11.8 Å². The Morgan fingerprint density at radius 1 is 1.25 bits per heavy atom. The molecule has 0 aliphatic rings. The lowest BCUT2D eigenvalue weighted by atomic mass is 10.3. The quantitative estimate of drug-likeness (QED) is 0.727. The average Bonchev–Trinajstić information content (AvgIpc) is 2.95. The smallest absolute Gasteiger partial charge is 0.302 e. The predicted molar refractivity (Wildman–Crippen MR) is 91.7 cm³/mol. The van der Waals surface area contributed by atoms with E-state index in [2.05, 4.69) is 9.97 Å². The number of rotatable bonds is 4. The van der Waals surface area contributed by atoms with E-state index in [1.165, 1.54) is 11.1 Å². The molecule has 0 N–H and O–H groups in total. The van der Waals surface area contributed by atoms with Crippen molar-refractivity contribution in [2.75, 3.05) is 11.9 Å². The molecule has 122 valence electrons. The van der Waals surface area contributed by atoms with E-state index in [0.717, 1.165) is 0 Å². The summed E-state index contributed by atoms with van der Waals surface area (Å²) in [6, 6.07) is 10.9. The van der Waals surface area contributed by atoms with E-state index in [0.29, 0.717) is 28.2 Å². The molecule has 0 saturated heterocycles. The van der Waals surface area contributed by atoms with Crippen molar-refractivity contribution >= 4 is 23.2 Å². The van der Waals surface area contributed by atoms with Crippen LogP contribution in [-0.4, -0.2) is 27.5 Å². The zero-order valence-electron chi connectivity index (χ0n) is 13.2. The molecule has 0 radical (unpaired) electrons. The Hall–Kier alpha value is -2.86. The minimum Gasteiger partial charge on any atom is -0.425 e. The second-order valence-electron chi connectivity index (χ2n) is 5.12. The van der Waals surface area contributed by atoms with Crippen molar-refractivity contribution in [3.63, 3.8) is 0 Å². The minimum atomic E-state index is -0.209. The number of nitrogens with zero attached hydrogens (tertiary/aromatic N) is 4. The van der Waals surface area contributed by atoms with Gasteiger partial charge in [0.05, 0.1) is 18.1 Å². The van der Waals surface area contributed by atoms with Crippen LogP contribution in [0.2, 0.25) is 5.02 Å². The third-order valence-electron chi connectivity index (χ3n) is 3.51. The van der Waals surface area contributed by atoms with Gasteiger partial charge in [-0.15, -0.1) is 0 Å². The highest BCUT2D eigenvalue weighted by Crippen LogP contribution is 2.24. The summed E-state index contributed by atoms with van der Waals surface area (Å²) < 4.78 is 7.28. The molecule has 0 aliphatic heterocycles. The van der Waals surface area contributed by atoms with Crippen molar-refractivity contribution < 1.29 is 9.53 Å². The fraction of sp³-hybridized carbons (Fsp3) is 0.118. The molecule has 0 spiro atoms. The van der Waals surface area contributed by atoms with E-state index >= 15 is 0 Å². The molecule has 1 aromatic carbocycles. The molecular formula is C17H15ClN4O2. The first-order valence-corrected chi connectivity index (χ1v) is 7.57. The highest BCUT2D eigenvalue weighted by atomic mass is 35.5. The monoisotopic (exact) mass is 342 g/mol. The molecule has 0 unspecified atom stereocenters. The van der Waals surface area contributed by atoms with Crippen LogP contribution in [0.15, 0.2) is 55.0 Å². The zero-order valence-corrected chi connectivity index (χ0v) is 13.9. The minimum absolute atomic E-state index is 0.209. The Balaban J connectivity index is 1.83. The van der Waals surface area contributed by atoms with Crippen LogP contribution >= 0.6 is 11.6 Å². The van der Waals surface area contributed by atoms with Gasteiger partial charge in [-0.3, -0.25) is 14.3 Å². The standard InChI is InChI=1S/C17H15ClN4O2/c1-21(13-6-4-8-19-10-13)16(23)15-11-20-17(22(15)2)24-14-7-3-5-12(18)9-14/h3-11H,1-2H3. The van der Waals surface area contributed by atoms with Crippen molar-refractivity contribution in [1.82, 2.24) is 14.5 Å². The third kappa shape index (κ3) is 3.23. The van der Waals surface area contributed by atoms with Gasteiger partial charge in [0.15, 0.2) is 0 Å². The molecule has 1 amide bonds. The van der Waals surface area contributed by atoms with Crippen molar-refractivity contribution in [2.45, 2.75) is 0 Å². The molecule has 0 aliphatic carbocycles. The van der Waals surface area contributed by atoms with Gasteiger partial charge in [-0.1, -0.05) is 17.7 Å². The molecule has 24 heavy (non-hydrogen) atoms. The van der Waals surface area contributed by atoms with Crippen LogP contribution in [-0.2, 0) is 7.05 Å². The number of carbonyl (C=O) groups is 1. The topological polar surface area (TPSA) is 60.3 Å². The predicted octanol–water partition coefficient (Wildman–Crippen LogP) is 3.54. The van der Waals surface area contributed by atoms with Gasteiger partial charge in [0.2, 0.25) is 0 Å². The summed E-state index contributed by atoms with van der Waals surface area (Å²) in [4.78, 5) is 22.3. The van der Waals surface area contributed by atoms with E-state index < -0.39 is 0 Å². The third-order valence-corrected chi connectivity index (χ3v) is 3.74. The van der Waals surface area contributed by atoms with Crippen LogP contribution in [0.25, 0.3) is 0 Å². The Kier molecular flexibility index (Phi) is 4.48. The van der Waals surface area contributed by atoms with E-state index in [-0.39, 0.29) is 5.91 Å². The summed E-state index contributed by atoms with van der Waals surface area (Å²) in [6.45, 7) is 0. The van der Waals surface area contributed by atoms with Crippen LogP contribution in [0.3, 0.4) is 0 Å². The summed E-state index contributed by atoms with van der Waals surface area (Å²) in [5.74, 6) is 0.342. The first kappa shape index (κ1) is 16.0. The number of benzene rings is 1. The number of imidazole rings is 1. The molecule has 0 atom stereocenters. The number of anilines is 1. The average molecular weight is 343 g/mol. The second kappa shape index (κ2) is 6.72. The van der Waals surface area contributed by atoms with Crippen LogP contribution in [0.4, 0.5) is 5.69 Å². The van der Waals surface area contributed by atoms with Crippen LogP contribution < -0.4 is 9.64 Å². The van der Waals surface area contributed by atoms with Crippen molar-refractivity contribution in [3.05, 3.63) is 65.7 Å². The van der Waals surface area contributed by atoms with Gasteiger partial charge < -0.3 is 9.64 Å². The van der Waals surface area contributed by atoms with E-state index in [9.17, 15) is 4.79 Å². The molecule has 0 saturated carbocycles. The lowest BCUT2D eigenvalue weighted by molar-refractivity contribution is 0.0984. The maximum Gasteiger partial charge on any atom is 0.302 e. The summed E-state index contributed by atoms with van der Waals surface area (Å²) >= 11 is 5.94. The van der Waals surface area contributed by atoms with Gasteiger partial charge >= 0.3 is 6.01 Å². The number of halogens is 1. The number of aromatic nitrogens is 3. The number of pyridine rings is 1. The molecule has 2 aromatic heterocycles. The first-order chi connectivity index (χ1) is 11.6. The van der Waals surface area contributed by atoms with Gasteiger partial charge in [-0.2, -0.15) is 0 Å². The van der Waals surface area contributed by atoms with Gasteiger partial charge in [0.25, 0.3) is 5.91 Å². The molecule has 7 heteroatoms. The summed E-state index contributed by atoms with van der Waals surface area (Å²) in [7, 11) is 3.40. The highest BCUT2D eigenvalue weighted by Gasteiger charge is 2.20. The molecule has 0 fully saturated rings. The van der Waals surface area contributed by atoms with Crippen LogP contribution in [0, 0.1) is 0 Å². The second-order valence-corrected chi connectivity index (χ2v) is 5.56. The molecular weight excluding hydrogens is 328 g/mol. The number of amides is 1. The highest BCUT2D eigenvalue weighted by molar-refractivity contribution is 6.30. The zero-order chi connectivity index (χ0) is 17.1. The van der Waals surface area contributed by atoms with Gasteiger partial charge in [-0.25, -0.2) is 4.98 Å². The first-order valence-electron chi connectivity index (χ1n) is 7.19. The summed E-state index contributed by atoms with van der Waals surface area (Å²) in [5.41, 5.74) is 1.10. The Morgan fingerprint density at radius 2 is 2.08 bits per heavy atom. The van der Waals surface area contributed by atoms with Crippen molar-refractivity contribution in [2.24, 2.45) is 7.05 Å². The Labute approximate surface area is 144 Å². The SMILES string of the molecule is CN(C(=O)c1cnc(Oc2cccc(Cl)c2)n1C)c1cccnc1. The lowest BCUT2D eigenvalue weighted by Crippen LogP contribution is -2.28. The maximum atomic E-state index is 12.6. The maximum absolute atomic E-state index is 12.6. The summed E-state index contributed by atoms with van der Waals surface area (Å²) in [6.07, 6.45) is 4.76. The molecule has 0 bridgehead atoms. The largest absolute Gasteiger partial charge is 0.425 e. The Morgan fingerprint density at radius 3 is 2.79 bits per heavy atom. The fourth-order valence-corrected chi connectivity index (χ4v) is 2.34. The molecule has 2 heterocycles. The van der Waals surface area contributed by atoms with Gasteiger partial charge in [0, 0.05) is 25.3 Å². The van der Waals surface area contributed by atoms with Crippen molar-refractivity contribution in [1.29, 1.82) is 0 Å². The number of ether oxygens (including phenoxy) is 1. The lowest BCUT2D eigenvalue weighted by Gasteiger charge is -2.16. The molecule has 6 nitrogen and oxygen atoms in total. The molecule has 3 aromatic rings. The number of carbonyl (C=O) groups excluding carboxylic acids is 1. The van der Waals surface area contributed by atoms with Gasteiger partial charge in [-0.05, 0) is 30.3 Å². The fourth-order valence-electron chi connectivity index (χ4n) is 2.16. The number of hydrogen-bond acceptors (Lipinski definition) is 4. The van der Waals surface area contributed by atoms with Crippen LogP contribution in [0.1, 0.15) is 10.5 Å². The normalized spacial score (nSPS) is 10.5. The van der Waals surface area contributed by atoms with Crippen LogP contribution in [0.5, 0.6) is 11.8 Å². The summed E-state index contributed by atoms with van der Waals surface area (Å²) in [5, 5.41) is 0.564. The van der Waals surface area contributed by atoms with Gasteiger partial charge in [0.1, 0.15) is 11.4 Å². The molecule has 3 rings (SSSR count). The van der Waals surface area contributed by atoms with E-state index in [1.54, 1.807) is 61.4 Å². The Bertz CT molecular complexity index is 864. The van der Waals surface area contributed by atoms with E-state index in [1.807, 2.05) is 6.07 Å². The number of hydrogen-bond donors (Lipinski definition) is 0. The van der Waals surface area contributed by atoms with E-state index in [4.69, 9.17) is 16.3 Å².